The molecule has 26 heavy (non-hydrogen) atoms. The van der Waals surface area contributed by atoms with Crippen LogP contribution in [0.1, 0.15) is 20.8 Å². The van der Waals surface area contributed by atoms with E-state index in [4.69, 9.17) is 9.66 Å². The second-order valence-electron chi connectivity index (χ2n) is 5.03. The fourth-order valence-electron chi connectivity index (χ4n) is 1.14. The van der Waals surface area contributed by atoms with Crippen molar-refractivity contribution in [2.75, 3.05) is 13.2 Å². The molecule has 144 valence electrons. The normalized spacial score (nSPS) is 13.6. The molecule has 0 aliphatic rings. The summed E-state index contributed by atoms with van der Waals surface area (Å²) in [6, 6.07) is 0. The third-order valence-corrected chi connectivity index (χ3v) is 6.06. The predicted molar refractivity (Wildman–Crippen MR) is 94.2 cm³/mol. The summed E-state index contributed by atoms with van der Waals surface area (Å²) in [6.07, 6.45) is 5.30. The van der Waals surface area contributed by atoms with Crippen LogP contribution in [-0.4, -0.2) is 82.4 Å². The summed E-state index contributed by atoms with van der Waals surface area (Å²) >= 11 is 0.814. The number of carbonyl (C=O) groups excluding carboxylic acids is 2. The van der Waals surface area contributed by atoms with Crippen molar-refractivity contribution in [1.29, 1.82) is 0 Å². The van der Waals surface area contributed by atoms with Gasteiger partial charge in [-0.15, -0.1) is 0 Å². The van der Waals surface area contributed by atoms with Gasteiger partial charge in [0.2, 0.25) is 0 Å². The Kier molecular flexibility index (Phi) is 15.5. The molecule has 1 atom stereocenters. The zero-order valence-electron chi connectivity index (χ0n) is 15.2. The zero-order chi connectivity index (χ0) is 20.8. The molecule has 0 spiro atoms. The third kappa shape index (κ3) is 15.1. The van der Waals surface area contributed by atoms with E-state index in [1.165, 1.54) is 31.2 Å². The molecule has 0 bridgehead atoms. The van der Waals surface area contributed by atoms with E-state index in [2.05, 4.69) is 9.47 Å². The summed E-state index contributed by atoms with van der Waals surface area (Å²) in [7, 11) is -3.72. The molecule has 1 unspecified atom stereocenters. The van der Waals surface area contributed by atoms with Crippen molar-refractivity contribution in [2.24, 2.45) is 5.92 Å². The number of esters is 2. The minimum absolute atomic E-state index is 0.346. The topological polar surface area (TPSA) is 144 Å². The Morgan fingerprint density at radius 3 is 1.62 bits per heavy atom. The fraction of sp³-hybridized carbons (Fsp3) is 0.533. The van der Waals surface area contributed by atoms with E-state index in [9.17, 15) is 22.8 Å². The van der Waals surface area contributed by atoms with E-state index < -0.39 is 39.2 Å². The van der Waals surface area contributed by atoms with E-state index in [1.807, 2.05) is 0 Å². The Morgan fingerprint density at radius 1 is 1.04 bits per heavy atom. The van der Waals surface area contributed by atoms with Gasteiger partial charge in [0.1, 0.15) is 19.1 Å². The molecule has 9 nitrogen and oxygen atoms in total. The van der Waals surface area contributed by atoms with Crippen LogP contribution in [0.15, 0.2) is 24.3 Å². The maximum absolute atomic E-state index is 11.0. The number of aliphatic carboxylic acids is 1. The average molecular weight is 402 g/mol. The molecular weight excluding hydrogens is 379 g/mol. The molecule has 0 saturated heterocycles. The molecule has 0 amide bonds. The van der Waals surface area contributed by atoms with Crippen molar-refractivity contribution >= 4 is 56.0 Å². The van der Waals surface area contributed by atoms with Gasteiger partial charge in [0.25, 0.3) is 0 Å². The predicted octanol–water partition coefficient (Wildman–Crippen LogP) is 0.775. The summed E-state index contributed by atoms with van der Waals surface area (Å²) in [4.78, 5) is 32.8. The molecule has 11 heteroatoms. The number of hydrogen-bond acceptors (Lipinski definition) is 7. The Balaban J connectivity index is 0. The Morgan fingerprint density at radius 2 is 1.42 bits per heavy atom. The maximum Gasteiger partial charge on any atom is 0.330 e. The monoisotopic (exact) mass is 402 g/mol. The molecule has 0 aromatic heterocycles. The molecule has 0 saturated carbocycles. The number of ether oxygens (including phenoxy) is 2. The third-order valence-electron chi connectivity index (χ3n) is 2.89. The largest absolute Gasteiger partial charge is 0.481 e. The van der Waals surface area contributed by atoms with Crippen LogP contribution in [0.25, 0.3) is 0 Å². The van der Waals surface area contributed by atoms with Crippen molar-refractivity contribution in [3.05, 3.63) is 24.3 Å². The summed E-state index contributed by atoms with van der Waals surface area (Å²) in [5.74, 6) is -3.54. The number of carboxylic acid groups (broad SMARTS) is 1. The summed E-state index contributed by atoms with van der Waals surface area (Å²) in [6.45, 7) is 4.08. The van der Waals surface area contributed by atoms with Gasteiger partial charge in [-0.05, 0) is 13.8 Å². The molecule has 2 N–H and O–H groups in total. The van der Waals surface area contributed by atoms with E-state index >= 15 is 0 Å². The summed E-state index contributed by atoms with van der Waals surface area (Å²) in [5.41, 5.74) is 0. The maximum atomic E-state index is 11.0. The van der Waals surface area contributed by atoms with Crippen molar-refractivity contribution in [1.82, 2.24) is 0 Å². The van der Waals surface area contributed by atoms with Gasteiger partial charge in [-0.3, -0.25) is 4.79 Å². The van der Waals surface area contributed by atoms with Gasteiger partial charge in [0.15, 0.2) is 0 Å². The average Bonchev–Trinajstić information content (AvgIpc) is 2.53. The van der Waals surface area contributed by atoms with Gasteiger partial charge in [0.05, 0.1) is 0 Å². The van der Waals surface area contributed by atoms with Crippen molar-refractivity contribution in [3.8, 4) is 0 Å². The van der Waals surface area contributed by atoms with Crippen LogP contribution < -0.4 is 0 Å². The molecule has 0 aromatic carbocycles. The van der Waals surface area contributed by atoms with Crippen LogP contribution in [0.2, 0.25) is 3.67 Å². The van der Waals surface area contributed by atoms with Crippen molar-refractivity contribution < 1.29 is 41.9 Å². The van der Waals surface area contributed by atoms with Crippen LogP contribution >= 0.6 is 0 Å². The first-order valence-electron chi connectivity index (χ1n) is 7.77. The minimum Gasteiger partial charge on any atom is -0.481 e. The van der Waals surface area contributed by atoms with Crippen LogP contribution in [0.4, 0.5) is 0 Å². The number of rotatable bonds is 9. The van der Waals surface area contributed by atoms with E-state index in [1.54, 1.807) is 13.8 Å². The van der Waals surface area contributed by atoms with Crippen LogP contribution in [0, 0.1) is 5.92 Å². The number of carboxylic acids is 1. The molecule has 0 aromatic rings. The zero-order valence-corrected chi connectivity index (χ0v) is 18.1. The standard InChI is InChI=1S/C12H16O6.C3H7O3S.Na/c1-3-5-10(13)17-7-9(12(15)16)8-18-11(14)6-4-2;1-3(2)7(4,5)6;/h3-6,9H,7-8H2,1-2H3,(H,15,16);3H,1H2,2H3,(H,4,5,6);. The second kappa shape index (κ2) is 14.9. The molecule has 0 heterocycles. The van der Waals surface area contributed by atoms with Crippen LogP contribution in [0.5, 0.6) is 0 Å². The molecular formula is C15H23NaO9S. The Bertz CT molecular complexity index is 583. The Labute approximate surface area is 170 Å². The van der Waals surface area contributed by atoms with Gasteiger partial charge in [-0.2, -0.15) is 0 Å². The SMILES string of the molecule is CC([CH2][Na])S(=O)(=O)O.CC=CC(=O)OCC(COC(=O)C=CC)C(=O)O. The second-order valence-corrected chi connectivity index (χ2v) is 7.68. The van der Waals surface area contributed by atoms with E-state index in [0.29, 0.717) is 3.67 Å². The van der Waals surface area contributed by atoms with E-state index in [0.717, 1.165) is 27.9 Å². The van der Waals surface area contributed by atoms with Crippen molar-refractivity contribution in [3.63, 3.8) is 0 Å². The first-order chi connectivity index (χ1) is 12.0. The van der Waals surface area contributed by atoms with E-state index in [-0.39, 0.29) is 13.2 Å². The van der Waals surface area contributed by atoms with Crippen LogP contribution in [-0.2, 0) is 34.0 Å². The molecule has 0 fully saturated rings. The minimum atomic E-state index is -3.72. The number of carbonyl (C=O) groups is 3. The van der Waals surface area contributed by atoms with Crippen molar-refractivity contribution in [2.45, 2.75) is 29.7 Å². The first kappa shape index (κ1) is 27.0. The Hall–Kier alpha value is -1.20. The number of hydrogen-bond donors (Lipinski definition) is 2. The fourth-order valence-corrected chi connectivity index (χ4v) is 2.82. The van der Waals surface area contributed by atoms with Crippen LogP contribution in [0.3, 0.4) is 0 Å². The van der Waals surface area contributed by atoms with Gasteiger partial charge in [0, 0.05) is 12.2 Å². The smallest absolute Gasteiger partial charge is 0.330 e. The molecule has 0 aliphatic carbocycles. The molecule has 0 aliphatic heterocycles. The summed E-state index contributed by atoms with van der Waals surface area (Å²) in [5, 5.41) is 8.28. The number of allylic oxidation sites excluding steroid dienone is 2. The van der Waals surface area contributed by atoms with Gasteiger partial charge in [-0.1, -0.05) is 12.2 Å². The van der Waals surface area contributed by atoms with Gasteiger partial charge >= 0.3 is 84.8 Å². The van der Waals surface area contributed by atoms with Gasteiger partial charge in [-0.25, -0.2) is 9.59 Å². The molecule has 0 rings (SSSR count). The molecule has 0 radical (unpaired) electrons. The van der Waals surface area contributed by atoms with Gasteiger partial charge < -0.3 is 14.6 Å². The summed E-state index contributed by atoms with van der Waals surface area (Å²) < 4.78 is 38.5. The first-order valence-corrected chi connectivity index (χ1v) is 10.7. The quantitative estimate of drug-likeness (QED) is 0.247.